The lowest BCUT2D eigenvalue weighted by Crippen LogP contribution is -2.41. The van der Waals surface area contributed by atoms with Gasteiger partial charge >= 0.3 is 0 Å². The Morgan fingerprint density at radius 2 is 2.11 bits per heavy atom. The molecular formula is C19H23FN4O2S2. The van der Waals surface area contributed by atoms with Gasteiger partial charge in [0.15, 0.2) is 4.34 Å². The number of carbonyl (C=O) groups is 2. The quantitative estimate of drug-likeness (QED) is 0.561. The lowest BCUT2D eigenvalue weighted by Gasteiger charge is -2.31. The first-order chi connectivity index (χ1) is 13.5. The van der Waals surface area contributed by atoms with E-state index in [1.807, 2.05) is 0 Å². The minimum atomic E-state index is -0.428. The average Bonchev–Trinajstić information content (AvgIpc) is 3.14. The van der Waals surface area contributed by atoms with E-state index in [1.165, 1.54) is 29.5 Å². The molecule has 1 N–H and O–H groups in total. The SMILES string of the molecule is CC[C@@H](C)Sc1nnc(NC(=O)C2CCN(C(=O)c3cccc(F)c3)CC2)s1. The molecule has 0 bridgehead atoms. The Labute approximate surface area is 171 Å². The van der Waals surface area contributed by atoms with Crippen molar-refractivity contribution in [3.63, 3.8) is 0 Å². The highest BCUT2D eigenvalue weighted by atomic mass is 32.2. The maximum absolute atomic E-state index is 13.3. The molecule has 1 aromatic heterocycles. The number of hydrogen-bond acceptors (Lipinski definition) is 6. The number of hydrogen-bond donors (Lipinski definition) is 1. The summed E-state index contributed by atoms with van der Waals surface area (Å²) < 4.78 is 14.2. The van der Waals surface area contributed by atoms with Crippen LogP contribution in [0.25, 0.3) is 0 Å². The Morgan fingerprint density at radius 3 is 2.79 bits per heavy atom. The molecule has 28 heavy (non-hydrogen) atoms. The second-order valence-electron chi connectivity index (χ2n) is 6.78. The maximum Gasteiger partial charge on any atom is 0.253 e. The summed E-state index contributed by atoms with van der Waals surface area (Å²) in [7, 11) is 0. The van der Waals surface area contributed by atoms with Gasteiger partial charge in [0.25, 0.3) is 5.91 Å². The van der Waals surface area contributed by atoms with Crippen molar-refractivity contribution in [1.29, 1.82) is 0 Å². The number of piperidine rings is 1. The number of carbonyl (C=O) groups excluding carboxylic acids is 2. The fraction of sp³-hybridized carbons (Fsp3) is 0.474. The number of anilines is 1. The number of halogens is 1. The number of rotatable bonds is 6. The van der Waals surface area contributed by atoms with Crippen LogP contribution in [0.2, 0.25) is 0 Å². The molecular weight excluding hydrogens is 399 g/mol. The molecule has 3 rings (SSSR count). The van der Waals surface area contributed by atoms with E-state index in [0.29, 0.717) is 41.9 Å². The van der Waals surface area contributed by atoms with Crippen LogP contribution in [0.3, 0.4) is 0 Å². The molecule has 0 radical (unpaired) electrons. The van der Waals surface area contributed by atoms with Gasteiger partial charge in [-0.05, 0) is 37.5 Å². The summed E-state index contributed by atoms with van der Waals surface area (Å²) in [6.45, 7) is 5.19. The van der Waals surface area contributed by atoms with Crippen molar-refractivity contribution in [3.8, 4) is 0 Å². The van der Waals surface area contributed by atoms with Crippen molar-refractivity contribution < 1.29 is 14.0 Å². The van der Waals surface area contributed by atoms with Gasteiger partial charge in [-0.15, -0.1) is 10.2 Å². The third-order valence-corrected chi connectivity index (χ3v) is 6.93. The van der Waals surface area contributed by atoms with Gasteiger partial charge in [-0.1, -0.05) is 43.0 Å². The van der Waals surface area contributed by atoms with E-state index < -0.39 is 5.82 Å². The zero-order chi connectivity index (χ0) is 20.1. The van der Waals surface area contributed by atoms with Gasteiger partial charge in [-0.2, -0.15) is 0 Å². The van der Waals surface area contributed by atoms with E-state index in [4.69, 9.17) is 0 Å². The van der Waals surface area contributed by atoms with Crippen molar-refractivity contribution in [2.45, 2.75) is 42.7 Å². The van der Waals surface area contributed by atoms with Crippen LogP contribution in [0.15, 0.2) is 28.6 Å². The molecule has 1 saturated heterocycles. The summed E-state index contributed by atoms with van der Waals surface area (Å²) in [5.74, 6) is -0.891. The fourth-order valence-corrected chi connectivity index (χ4v) is 4.92. The Morgan fingerprint density at radius 1 is 1.36 bits per heavy atom. The molecule has 2 amide bonds. The predicted molar refractivity (Wildman–Crippen MR) is 109 cm³/mol. The van der Waals surface area contributed by atoms with E-state index >= 15 is 0 Å². The van der Waals surface area contributed by atoms with Crippen LogP contribution >= 0.6 is 23.1 Å². The third kappa shape index (κ3) is 5.29. The van der Waals surface area contributed by atoms with Crippen LogP contribution in [0.5, 0.6) is 0 Å². The van der Waals surface area contributed by atoms with Crippen molar-refractivity contribution in [2.75, 3.05) is 18.4 Å². The fourth-order valence-electron chi connectivity index (χ4n) is 2.92. The van der Waals surface area contributed by atoms with Crippen LogP contribution in [0, 0.1) is 11.7 Å². The van der Waals surface area contributed by atoms with Gasteiger partial charge in [0, 0.05) is 29.8 Å². The molecule has 1 aromatic carbocycles. The predicted octanol–water partition coefficient (Wildman–Crippen LogP) is 4.06. The molecule has 9 heteroatoms. The van der Waals surface area contributed by atoms with E-state index in [2.05, 4.69) is 29.4 Å². The monoisotopic (exact) mass is 422 g/mol. The van der Waals surface area contributed by atoms with Gasteiger partial charge in [-0.3, -0.25) is 9.59 Å². The third-order valence-electron chi connectivity index (χ3n) is 4.74. The summed E-state index contributed by atoms with van der Waals surface area (Å²) >= 11 is 3.03. The highest BCUT2D eigenvalue weighted by Gasteiger charge is 2.28. The molecule has 0 aliphatic carbocycles. The summed E-state index contributed by atoms with van der Waals surface area (Å²) in [5, 5.41) is 12.0. The molecule has 1 atom stereocenters. The topological polar surface area (TPSA) is 75.2 Å². The lowest BCUT2D eigenvalue weighted by molar-refractivity contribution is -0.121. The number of likely N-dealkylation sites (tertiary alicyclic amines) is 1. The first kappa shape index (κ1) is 20.7. The van der Waals surface area contributed by atoms with E-state index in [9.17, 15) is 14.0 Å². The van der Waals surface area contributed by atoms with Crippen LogP contribution < -0.4 is 5.32 Å². The first-order valence-corrected chi connectivity index (χ1v) is 11.0. The van der Waals surface area contributed by atoms with Gasteiger partial charge in [0.2, 0.25) is 11.0 Å². The Bertz CT molecular complexity index is 837. The summed E-state index contributed by atoms with van der Waals surface area (Å²) in [5.41, 5.74) is 0.336. The van der Waals surface area contributed by atoms with Gasteiger partial charge < -0.3 is 10.2 Å². The molecule has 150 valence electrons. The van der Waals surface area contributed by atoms with E-state index in [1.54, 1.807) is 22.7 Å². The van der Waals surface area contributed by atoms with Gasteiger partial charge in [0.1, 0.15) is 5.82 Å². The average molecular weight is 423 g/mol. The molecule has 0 spiro atoms. The molecule has 0 saturated carbocycles. The summed E-state index contributed by atoms with van der Waals surface area (Å²) in [4.78, 5) is 26.7. The van der Waals surface area contributed by atoms with Crippen LogP contribution in [0.1, 0.15) is 43.5 Å². The molecule has 6 nitrogen and oxygen atoms in total. The molecule has 1 aliphatic heterocycles. The van der Waals surface area contributed by atoms with Crippen molar-refractivity contribution in [2.24, 2.45) is 5.92 Å². The lowest BCUT2D eigenvalue weighted by atomic mass is 9.95. The normalized spacial score (nSPS) is 16.0. The number of nitrogens with zero attached hydrogens (tertiary/aromatic N) is 3. The largest absolute Gasteiger partial charge is 0.339 e. The molecule has 1 fully saturated rings. The van der Waals surface area contributed by atoms with Crippen LogP contribution in [-0.2, 0) is 4.79 Å². The molecule has 1 aliphatic rings. The molecule has 2 heterocycles. The Kier molecular flexibility index (Phi) is 7.01. The minimum absolute atomic E-state index is 0.0888. The maximum atomic E-state index is 13.3. The zero-order valence-corrected chi connectivity index (χ0v) is 17.5. The minimum Gasteiger partial charge on any atom is -0.339 e. The highest BCUT2D eigenvalue weighted by Crippen LogP contribution is 2.30. The van der Waals surface area contributed by atoms with Crippen LogP contribution in [-0.4, -0.2) is 45.3 Å². The van der Waals surface area contributed by atoms with Crippen molar-refractivity contribution >= 4 is 40.0 Å². The van der Waals surface area contributed by atoms with Crippen molar-refractivity contribution in [3.05, 3.63) is 35.6 Å². The first-order valence-electron chi connectivity index (χ1n) is 9.32. The standard InChI is InChI=1S/C19H23FN4O2S2/c1-3-12(2)27-19-23-22-18(28-19)21-16(25)13-7-9-24(10-8-13)17(26)14-5-4-6-15(20)11-14/h4-6,11-13H,3,7-10H2,1-2H3,(H,21,22,25)/t12-/m1/s1. The number of benzene rings is 1. The second kappa shape index (κ2) is 9.47. The number of amides is 2. The summed E-state index contributed by atoms with van der Waals surface area (Å²) in [6, 6.07) is 5.69. The second-order valence-corrected chi connectivity index (χ2v) is 9.44. The summed E-state index contributed by atoms with van der Waals surface area (Å²) in [6.07, 6.45) is 2.18. The van der Waals surface area contributed by atoms with Crippen LogP contribution in [0.4, 0.5) is 9.52 Å². The van der Waals surface area contributed by atoms with E-state index in [-0.39, 0.29) is 17.7 Å². The molecule has 0 unspecified atom stereocenters. The highest BCUT2D eigenvalue weighted by molar-refractivity contribution is 8.01. The smallest absolute Gasteiger partial charge is 0.253 e. The molecule has 2 aromatic rings. The Balaban J connectivity index is 1.50. The number of thioether (sulfide) groups is 1. The van der Waals surface area contributed by atoms with Gasteiger partial charge in [0.05, 0.1) is 0 Å². The van der Waals surface area contributed by atoms with E-state index in [0.717, 1.165) is 10.8 Å². The van der Waals surface area contributed by atoms with Gasteiger partial charge in [-0.25, -0.2) is 4.39 Å². The number of aromatic nitrogens is 2. The zero-order valence-electron chi connectivity index (χ0n) is 15.9. The number of nitrogens with one attached hydrogen (secondary N) is 1. The Hall–Kier alpha value is -2.00. The van der Waals surface area contributed by atoms with Crippen molar-refractivity contribution in [1.82, 2.24) is 15.1 Å².